The van der Waals surface area contributed by atoms with E-state index in [1.54, 1.807) is 6.26 Å². The van der Waals surface area contributed by atoms with Gasteiger partial charge in [0.25, 0.3) is 0 Å². The van der Waals surface area contributed by atoms with Crippen LogP contribution in [-0.4, -0.2) is 37.8 Å². The van der Waals surface area contributed by atoms with Gasteiger partial charge in [0.2, 0.25) is 11.8 Å². The average Bonchev–Trinajstić information content (AvgIpc) is 2.29. The molecule has 0 aliphatic rings. The van der Waals surface area contributed by atoms with Crippen molar-refractivity contribution in [3.8, 4) is 0 Å². The maximum atomic E-state index is 11.3. The van der Waals surface area contributed by atoms with E-state index in [1.165, 1.54) is 0 Å². The smallest absolute Gasteiger partial charge is 0.247 e. The second-order valence-electron chi connectivity index (χ2n) is 4.06. The fourth-order valence-electron chi connectivity index (χ4n) is 1.08. The van der Waals surface area contributed by atoms with Crippen molar-refractivity contribution >= 4 is 23.9 Å². The largest absolute Gasteiger partial charge is 0.354 e. The van der Waals surface area contributed by atoms with E-state index in [1.807, 2.05) is 0 Å². The van der Waals surface area contributed by atoms with Gasteiger partial charge in [0.05, 0.1) is 0 Å². The van der Waals surface area contributed by atoms with Gasteiger partial charge in [-0.3, -0.25) is 9.59 Å². The van der Waals surface area contributed by atoms with Gasteiger partial charge >= 0.3 is 0 Å². The van der Waals surface area contributed by atoms with Gasteiger partial charge in [-0.15, -0.1) is 0 Å². The number of carbonyl (C=O) groups is 2. The lowest BCUT2D eigenvalue weighted by atomic mass is 10.1. The van der Waals surface area contributed by atoms with E-state index >= 15 is 0 Å². The lowest BCUT2D eigenvalue weighted by Crippen LogP contribution is -2.36. The quantitative estimate of drug-likeness (QED) is 0.479. The maximum absolute atomic E-state index is 11.3. The summed E-state index contributed by atoms with van der Waals surface area (Å²) in [7, 11) is 0. The first-order valence-corrected chi connectivity index (χ1v) is 6.90. The summed E-state index contributed by atoms with van der Waals surface area (Å²) < 4.78 is 4.86. The minimum Gasteiger partial charge on any atom is -0.354 e. The van der Waals surface area contributed by atoms with Gasteiger partial charge in [-0.2, -0.15) is 0 Å². The molecular formula is C11H22N2O3S. The first kappa shape index (κ1) is 16.2. The monoisotopic (exact) mass is 262 g/mol. The number of carbonyl (C=O) groups excluding carboxylic acids is 2. The summed E-state index contributed by atoms with van der Waals surface area (Å²) in [6.07, 6.45) is 3.18. The molecule has 0 aromatic heterocycles. The van der Waals surface area contributed by atoms with Crippen LogP contribution < -0.4 is 10.6 Å². The predicted octanol–water partition coefficient (Wildman–Crippen LogP) is 0.950. The molecule has 100 valence electrons. The van der Waals surface area contributed by atoms with Crippen LogP contribution in [0.4, 0.5) is 0 Å². The molecule has 17 heavy (non-hydrogen) atoms. The molecule has 0 spiro atoms. The Hall–Kier alpha value is -0.750. The molecule has 0 saturated heterocycles. The Labute approximate surface area is 107 Å². The SMILES string of the molecule is CSOCC(=O)NCCNC(=O)CCC(C)C. The summed E-state index contributed by atoms with van der Waals surface area (Å²) in [5.74, 6) is 0.397. The molecule has 0 fully saturated rings. The number of rotatable bonds is 9. The van der Waals surface area contributed by atoms with E-state index in [0.29, 0.717) is 25.4 Å². The van der Waals surface area contributed by atoms with Crippen LogP contribution in [-0.2, 0) is 13.8 Å². The number of amides is 2. The van der Waals surface area contributed by atoms with Crippen LogP contribution in [0.5, 0.6) is 0 Å². The highest BCUT2D eigenvalue weighted by Crippen LogP contribution is 2.02. The first-order chi connectivity index (χ1) is 8.06. The van der Waals surface area contributed by atoms with Crippen LogP contribution in [0.2, 0.25) is 0 Å². The van der Waals surface area contributed by atoms with E-state index in [0.717, 1.165) is 18.5 Å². The zero-order valence-corrected chi connectivity index (χ0v) is 11.6. The Balaban J connectivity index is 3.38. The van der Waals surface area contributed by atoms with Gasteiger partial charge in [0, 0.05) is 25.8 Å². The van der Waals surface area contributed by atoms with E-state index in [4.69, 9.17) is 4.18 Å². The van der Waals surface area contributed by atoms with E-state index in [9.17, 15) is 9.59 Å². The fourth-order valence-corrected chi connectivity index (χ4v) is 1.30. The van der Waals surface area contributed by atoms with Crippen molar-refractivity contribution in [3.63, 3.8) is 0 Å². The zero-order chi connectivity index (χ0) is 13.1. The van der Waals surface area contributed by atoms with Crippen LogP contribution in [0.3, 0.4) is 0 Å². The topological polar surface area (TPSA) is 67.4 Å². The molecule has 0 saturated carbocycles. The number of nitrogens with one attached hydrogen (secondary N) is 2. The molecule has 0 rings (SSSR count). The van der Waals surface area contributed by atoms with Crippen molar-refractivity contribution < 1.29 is 13.8 Å². The van der Waals surface area contributed by atoms with Crippen molar-refractivity contribution in [3.05, 3.63) is 0 Å². The summed E-state index contributed by atoms with van der Waals surface area (Å²) in [6.45, 7) is 5.10. The molecule has 0 aromatic rings. The highest BCUT2D eigenvalue weighted by molar-refractivity contribution is 7.93. The second-order valence-corrected chi connectivity index (χ2v) is 4.63. The molecule has 0 radical (unpaired) electrons. The average molecular weight is 262 g/mol. The summed E-state index contributed by atoms with van der Waals surface area (Å²) >= 11 is 1.15. The van der Waals surface area contributed by atoms with Crippen LogP contribution in [0.25, 0.3) is 0 Å². The third-order valence-corrected chi connectivity index (χ3v) is 2.38. The van der Waals surface area contributed by atoms with Crippen molar-refractivity contribution in [2.24, 2.45) is 5.92 Å². The van der Waals surface area contributed by atoms with Crippen molar-refractivity contribution in [1.82, 2.24) is 10.6 Å². The van der Waals surface area contributed by atoms with Gasteiger partial charge in [-0.25, -0.2) is 0 Å². The van der Waals surface area contributed by atoms with Crippen LogP contribution in [0, 0.1) is 5.92 Å². The van der Waals surface area contributed by atoms with Crippen LogP contribution in [0.15, 0.2) is 0 Å². The molecule has 0 aromatic carbocycles. The lowest BCUT2D eigenvalue weighted by molar-refractivity contribution is -0.124. The lowest BCUT2D eigenvalue weighted by Gasteiger charge is -2.07. The molecule has 0 aliphatic carbocycles. The minimum absolute atomic E-state index is 0.0355. The Kier molecular flexibility index (Phi) is 9.95. The fraction of sp³-hybridized carbons (Fsp3) is 0.818. The first-order valence-electron chi connectivity index (χ1n) is 5.75. The molecule has 2 amide bonds. The van der Waals surface area contributed by atoms with E-state index in [-0.39, 0.29) is 18.4 Å². The molecule has 0 bridgehead atoms. The van der Waals surface area contributed by atoms with E-state index < -0.39 is 0 Å². The Bertz CT molecular complexity index is 235. The molecule has 6 heteroatoms. The van der Waals surface area contributed by atoms with Gasteiger partial charge in [-0.05, 0) is 24.4 Å². The molecule has 0 aliphatic heterocycles. The Morgan fingerprint density at radius 1 is 1.18 bits per heavy atom. The van der Waals surface area contributed by atoms with Gasteiger partial charge in [0.15, 0.2) is 0 Å². The maximum Gasteiger partial charge on any atom is 0.247 e. The highest BCUT2D eigenvalue weighted by Gasteiger charge is 2.03. The van der Waals surface area contributed by atoms with Gasteiger partial charge in [-0.1, -0.05) is 13.8 Å². The van der Waals surface area contributed by atoms with E-state index in [2.05, 4.69) is 24.5 Å². The highest BCUT2D eigenvalue weighted by atomic mass is 32.2. The number of hydrogen-bond acceptors (Lipinski definition) is 4. The minimum atomic E-state index is -0.171. The number of hydrogen-bond donors (Lipinski definition) is 2. The van der Waals surface area contributed by atoms with Crippen molar-refractivity contribution in [2.45, 2.75) is 26.7 Å². The standard InChI is InChI=1S/C11H22N2O3S/c1-9(2)4-5-10(14)12-6-7-13-11(15)8-16-17-3/h9H,4-8H2,1-3H3,(H,12,14)(H,13,15). The van der Waals surface area contributed by atoms with Gasteiger partial charge in [0.1, 0.15) is 6.61 Å². The third kappa shape index (κ3) is 11.5. The Morgan fingerprint density at radius 2 is 1.76 bits per heavy atom. The molecule has 0 unspecified atom stereocenters. The summed E-state index contributed by atoms with van der Waals surface area (Å²) in [4.78, 5) is 22.4. The second kappa shape index (κ2) is 10.4. The molecule has 0 atom stereocenters. The normalized spacial score (nSPS) is 10.4. The van der Waals surface area contributed by atoms with Crippen molar-refractivity contribution in [1.29, 1.82) is 0 Å². The van der Waals surface area contributed by atoms with Crippen LogP contribution in [0.1, 0.15) is 26.7 Å². The molecule has 5 nitrogen and oxygen atoms in total. The molecule has 0 heterocycles. The zero-order valence-electron chi connectivity index (χ0n) is 10.7. The third-order valence-electron chi connectivity index (χ3n) is 2.03. The summed E-state index contributed by atoms with van der Waals surface area (Å²) in [6, 6.07) is 0. The summed E-state index contributed by atoms with van der Waals surface area (Å²) in [5, 5.41) is 5.40. The van der Waals surface area contributed by atoms with Crippen molar-refractivity contribution in [2.75, 3.05) is 26.0 Å². The van der Waals surface area contributed by atoms with Gasteiger partial charge < -0.3 is 14.8 Å². The Morgan fingerprint density at radius 3 is 2.29 bits per heavy atom. The predicted molar refractivity (Wildman–Crippen MR) is 69.6 cm³/mol. The molecular weight excluding hydrogens is 240 g/mol. The molecule has 2 N–H and O–H groups in total. The van der Waals surface area contributed by atoms with Crippen LogP contribution >= 0.6 is 12.0 Å². The summed E-state index contributed by atoms with van der Waals surface area (Å²) in [5.41, 5.74) is 0.